The van der Waals surface area contributed by atoms with Gasteiger partial charge in [-0.1, -0.05) is 11.6 Å². The van der Waals surface area contributed by atoms with Crippen molar-refractivity contribution < 1.29 is 13.6 Å². The van der Waals surface area contributed by atoms with E-state index >= 15 is 0 Å². The number of aromatic nitrogens is 2. The number of amides is 2. The van der Waals surface area contributed by atoms with E-state index in [1.807, 2.05) is 6.92 Å². The SMILES string of the molecule is Cc1oc2ncnc(NC(=O)Nc3c(Cl)ccc(N)c3F)c2c1C. The zero-order chi connectivity index (χ0) is 17.4. The lowest BCUT2D eigenvalue weighted by Gasteiger charge is -2.11. The smallest absolute Gasteiger partial charge is 0.324 e. The van der Waals surface area contributed by atoms with Crippen LogP contribution in [0.2, 0.25) is 5.02 Å². The molecule has 124 valence electrons. The molecule has 24 heavy (non-hydrogen) atoms. The van der Waals surface area contributed by atoms with Gasteiger partial charge in [-0.2, -0.15) is 0 Å². The van der Waals surface area contributed by atoms with Gasteiger partial charge in [0.1, 0.15) is 17.9 Å². The molecule has 7 nitrogen and oxygen atoms in total. The summed E-state index contributed by atoms with van der Waals surface area (Å²) in [6.45, 7) is 3.60. The topological polar surface area (TPSA) is 106 Å². The largest absolute Gasteiger partial charge is 0.443 e. The average molecular weight is 350 g/mol. The summed E-state index contributed by atoms with van der Waals surface area (Å²) in [6.07, 6.45) is 1.26. The molecule has 0 saturated carbocycles. The molecule has 2 amide bonds. The highest BCUT2D eigenvalue weighted by molar-refractivity contribution is 6.34. The van der Waals surface area contributed by atoms with Gasteiger partial charge < -0.3 is 15.5 Å². The number of aryl methyl sites for hydroxylation is 2. The summed E-state index contributed by atoms with van der Waals surface area (Å²) in [5, 5.41) is 5.47. The van der Waals surface area contributed by atoms with Crippen LogP contribution in [0.15, 0.2) is 22.9 Å². The molecule has 1 aromatic carbocycles. The van der Waals surface area contributed by atoms with Gasteiger partial charge in [0, 0.05) is 5.56 Å². The molecule has 0 saturated heterocycles. The molecule has 0 fully saturated rings. The van der Waals surface area contributed by atoms with Gasteiger partial charge in [-0.05, 0) is 26.0 Å². The third-order valence-corrected chi connectivity index (χ3v) is 3.87. The number of hydrogen-bond acceptors (Lipinski definition) is 5. The summed E-state index contributed by atoms with van der Waals surface area (Å²) in [5.41, 5.74) is 6.29. The van der Waals surface area contributed by atoms with Crippen molar-refractivity contribution in [1.29, 1.82) is 0 Å². The van der Waals surface area contributed by atoms with Gasteiger partial charge in [-0.25, -0.2) is 19.2 Å². The van der Waals surface area contributed by atoms with Crippen molar-refractivity contribution in [2.75, 3.05) is 16.4 Å². The fourth-order valence-corrected chi connectivity index (χ4v) is 2.41. The Morgan fingerprint density at radius 1 is 1.29 bits per heavy atom. The van der Waals surface area contributed by atoms with Crippen LogP contribution < -0.4 is 16.4 Å². The molecular formula is C15H13ClFN5O2. The Morgan fingerprint density at radius 2 is 2.04 bits per heavy atom. The maximum Gasteiger partial charge on any atom is 0.324 e. The van der Waals surface area contributed by atoms with Crippen LogP contribution in [0, 0.1) is 19.7 Å². The highest BCUT2D eigenvalue weighted by atomic mass is 35.5. The van der Waals surface area contributed by atoms with Crippen LogP contribution in [0.4, 0.5) is 26.4 Å². The number of fused-ring (bicyclic) bond motifs is 1. The van der Waals surface area contributed by atoms with E-state index in [2.05, 4.69) is 20.6 Å². The molecule has 0 spiro atoms. The van der Waals surface area contributed by atoms with Crippen LogP contribution in [-0.4, -0.2) is 16.0 Å². The number of furan rings is 1. The van der Waals surface area contributed by atoms with Gasteiger partial charge in [0.2, 0.25) is 5.71 Å². The Kier molecular flexibility index (Phi) is 3.98. The third kappa shape index (κ3) is 2.71. The monoisotopic (exact) mass is 349 g/mol. The van der Waals surface area contributed by atoms with E-state index in [9.17, 15) is 9.18 Å². The number of nitrogens with two attached hydrogens (primary N) is 1. The van der Waals surface area contributed by atoms with Gasteiger partial charge in [0.25, 0.3) is 0 Å². The van der Waals surface area contributed by atoms with E-state index in [0.717, 1.165) is 5.56 Å². The van der Waals surface area contributed by atoms with Crippen LogP contribution >= 0.6 is 11.6 Å². The van der Waals surface area contributed by atoms with Crippen LogP contribution in [0.1, 0.15) is 11.3 Å². The molecule has 0 atom stereocenters. The first-order chi connectivity index (χ1) is 11.4. The van der Waals surface area contributed by atoms with Crippen molar-refractivity contribution in [3.8, 4) is 0 Å². The van der Waals surface area contributed by atoms with Gasteiger partial charge in [-0.3, -0.25) is 5.32 Å². The Bertz CT molecular complexity index is 957. The van der Waals surface area contributed by atoms with Crippen molar-refractivity contribution >= 4 is 45.9 Å². The number of carbonyl (C=O) groups is 1. The molecule has 0 unspecified atom stereocenters. The minimum absolute atomic E-state index is 0.0278. The summed E-state index contributed by atoms with van der Waals surface area (Å²) >= 11 is 5.89. The molecule has 0 aliphatic rings. The second kappa shape index (κ2) is 5.97. The number of halogens is 2. The summed E-state index contributed by atoms with van der Waals surface area (Å²) in [4.78, 5) is 20.2. The lowest BCUT2D eigenvalue weighted by Crippen LogP contribution is -2.21. The zero-order valence-electron chi connectivity index (χ0n) is 12.8. The second-order valence-corrected chi connectivity index (χ2v) is 5.50. The number of hydrogen-bond donors (Lipinski definition) is 3. The lowest BCUT2D eigenvalue weighted by atomic mass is 10.2. The first-order valence-corrected chi connectivity index (χ1v) is 7.28. The van der Waals surface area contributed by atoms with E-state index < -0.39 is 11.8 Å². The number of nitrogens with zero attached hydrogens (tertiary/aromatic N) is 2. The summed E-state index contributed by atoms with van der Waals surface area (Å²) in [5.74, 6) is 0.104. The number of nitrogen functional groups attached to an aromatic ring is 1. The van der Waals surface area contributed by atoms with Crippen molar-refractivity contribution in [2.24, 2.45) is 0 Å². The molecule has 0 aliphatic heterocycles. The third-order valence-electron chi connectivity index (χ3n) is 3.56. The molecule has 0 radical (unpaired) electrons. The number of benzene rings is 1. The van der Waals surface area contributed by atoms with Crippen LogP contribution in [0.25, 0.3) is 11.1 Å². The van der Waals surface area contributed by atoms with Crippen LogP contribution in [0.3, 0.4) is 0 Å². The summed E-state index contributed by atoms with van der Waals surface area (Å²) < 4.78 is 19.5. The average Bonchev–Trinajstić information content (AvgIpc) is 2.83. The Labute approximate surface area is 141 Å². The van der Waals surface area contributed by atoms with Gasteiger partial charge in [0.15, 0.2) is 5.82 Å². The van der Waals surface area contributed by atoms with Crippen molar-refractivity contribution in [3.05, 3.63) is 40.6 Å². The first kappa shape index (κ1) is 16.0. The van der Waals surface area contributed by atoms with Gasteiger partial charge in [0.05, 0.1) is 21.8 Å². The van der Waals surface area contributed by atoms with Gasteiger partial charge >= 0.3 is 6.03 Å². The van der Waals surface area contributed by atoms with Crippen molar-refractivity contribution in [2.45, 2.75) is 13.8 Å². The molecule has 9 heteroatoms. The molecule has 3 aromatic rings. The second-order valence-electron chi connectivity index (χ2n) is 5.09. The molecule has 2 aromatic heterocycles. The van der Waals surface area contributed by atoms with E-state index in [0.29, 0.717) is 16.9 Å². The molecule has 4 N–H and O–H groups in total. The fraction of sp³-hybridized carbons (Fsp3) is 0.133. The predicted molar refractivity (Wildman–Crippen MR) is 89.7 cm³/mol. The molecular weight excluding hydrogens is 337 g/mol. The normalized spacial score (nSPS) is 10.8. The van der Waals surface area contributed by atoms with Gasteiger partial charge in [-0.15, -0.1) is 0 Å². The summed E-state index contributed by atoms with van der Waals surface area (Å²) in [6, 6.07) is 1.98. The quantitative estimate of drug-likeness (QED) is 0.609. The van der Waals surface area contributed by atoms with Crippen molar-refractivity contribution in [3.63, 3.8) is 0 Å². The number of rotatable bonds is 2. The predicted octanol–water partition coefficient (Wildman–Crippen LogP) is 3.86. The Hall–Kier alpha value is -2.87. The Balaban J connectivity index is 1.90. The number of carbonyl (C=O) groups excluding carboxylic acids is 1. The Morgan fingerprint density at radius 3 is 2.79 bits per heavy atom. The highest BCUT2D eigenvalue weighted by Crippen LogP contribution is 2.30. The molecule has 0 bridgehead atoms. The lowest BCUT2D eigenvalue weighted by molar-refractivity contribution is 0.262. The maximum absolute atomic E-state index is 14.0. The van der Waals surface area contributed by atoms with Crippen LogP contribution in [0.5, 0.6) is 0 Å². The minimum atomic E-state index is -0.805. The maximum atomic E-state index is 14.0. The van der Waals surface area contributed by atoms with Crippen molar-refractivity contribution in [1.82, 2.24) is 9.97 Å². The standard InChI is InChI=1S/C15H13ClFN5O2/c1-6-7(2)24-14-10(6)13(19-5-20-14)22-15(23)21-12-8(16)3-4-9(18)11(12)17/h3-5H,18H2,1-2H3,(H2,19,20,21,22,23). The van der Waals surface area contributed by atoms with E-state index in [-0.39, 0.29) is 22.2 Å². The molecule has 2 heterocycles. The first-order valence-electron chi connectivity index (χ1n) is 6.90. The van der Waals surface area contributed by atoms with Crippen LogP contribution in [-0.2, 0) is 0 Å². The molecule has 0 aliphatic carbocycles. The number of urea groups is 1. The summed E-state index contributed by atoms with van der Waals surface area (Å²) in [7, 11) is 0. The zero-order valence-corrected chi connectivity index (χ0v) is 13.5. The number of nitrogens with one attached hydrogen (secondary N) is 2. The highest BCUT2D eigenvalue weighted by Gasteiger charge is 2.17. The molecule has 3 rings (SSSR count). The van der Waals surface area contributed by atoms with E-state index in [4.69, 9.17) is 21.8 Å². The minimum Gasteiger partial charge on any atom is -0.443 e. The fourth-order valence-electron chi connectivity index (χ4n) is 2.21. The van der Waals surface area contributed by atoms with E-state index in [1.54, 1.807) is 6.92 Å². The number of anilines is 3. The van der Waals surface area contributed by atoms with E-state index in [1.165, 1.54) is 18.5 Å².